The van der Waals surface area contributed by atoms with E-state index >= 15 is 0 Å². The van der Waals surface area contributed by atoms with Crippen LogP contribution in [-0.4, -0.2) is 24.3 Å². The van der Waals surface area contributed by atoms with Crippen LogP contribution in [0.15, 0.2) is 12.1 Å². The molecule has 0 saturated carbocycles. The third kappa shape index (κ3) is 4.35. The Balaban J connectivity index is 2.96. The highest BCUT2D eigenvalue weighted by atomic mass is 19.1. The molecular formula is C12H18BF2NO2. The van der Waals surface area contributed by atoms with E-state index in [-0.39, 0.29) is 0 Å². The van der Waals surface area contributed by atoms with Gasteiger partial charge in [-0.25, -0.2) is 0 Å². The van der Waals surface area contributed by atoms with Gasteiger partial charge in [0.2, 0.25) is 11.9 Å². The fourth-order valence-corrected chi connectivity index (χ4v) is 1.34. The van der Waals surface area contributed by atoms with E-state index in [9.17, 15) is 8.78 Å². The average molecular weight is 257 g/mol. The summed E-state index contributed by atoms with van der Waals surface area (Å²) in [6.07, 6.45) is 0.757. The van der Waals surface area contributed by atoms with E-state index in [4.69, 9.17) is 9.31 Å². The van der Waals surface area contributed by atoms with Gasteiger partial charge in [-0.3, -0.25) is 0 Å². The fourth-order valence-electron chi connectivity index (χ4n) is 1.34. The molecule has 18 heavy (non-hydrogen) atoms. The van der Waals surface area contributed by atoms with Crippen molar-refractivity contribution in [2.75, 3.05) is 6.61 Å². The largest absolute Gasteiger partial charge is 0.494 e. The molecule has 3 nitrogen and oxygen atoms in total. The molecule has 0 bridgehead atoms. The monoisotopic (exact) mass is 257 g/mol. The van der Waals surface area contributed by atoms with Crippen LogP contribution < -0.4 is 5.46 Å². The number of aromatic nitrogens is 1. The van der Waals surface area contributed by atoms with Crippen LogP contribution in [0.1, 0.15) is 34.1 Å². The van der Waals surface area contributed by atoms with Crippen LogP contribution in [-0.2, 0) is 9.31 Å². The van der Waals surface area contributed by atoms with Gasteiger partial charge in [0.25, 0.3) is 0 Å². The molecule has 100 valence electrons. The predicted octanol–water partition coefficient (Wildman–Crippen LogP) is 2.30. The van der Waals surface area contributed by atoms with Crippen molar-refractivity contribution in [1.82, 2.24) is 4.98 Å². The normalized spacial score (nSPS) is 11.7. The van der Waals surface area contributed by atoms with Crippen molar-refractivity contribution in [1.29, 1.82) is 0 Å². The molecule has 0 radical (unpaired) electrons. The van der Waals surface area contributed by atoms with E-state index < -0.39 is 24.6 Å². The van der Waals surface area contributed by atoms with Crippen LogP contribution in [0, 0.1) is 11.9 Å². The van der Waals surface area contributed by atoms with Gasteiger partial charge in [-0.1, -0.05) is 6.92 Å². The molecule has 0 aliphatic heterocycles. The lowest BCUT2D eigenvalue weighted by molar-refractivity contribution is 0.0705. The third-order valence-electron chi connectivity index (χ3n) is 2.65. The first kappa shape index (κ1) is 15.1. The zero-order valence-electron chi connectivity index (χ0n) is 11.2. The van der Waals surface area contributed by atoms with E-state index in [2.05, 4.69) is 4.98 Å². The second-order valence-corrected chi connectivity index (χ2v) is 4.56. The smallest absolute Gasteiger partial charge is 0.408 e. The Morgan fingerprint density at radius 1 is 1.22 bits per heavy atom. The summed E-state index contributed by atoms with van der Waals surface area (Å²) in [7, 11) is -0.794. The molecule has 0 N–H and O–H groups in total. The zero-order chi connectivity index (χ0) is 13.8. The Bertz CT molecular complexity index is 381. The van der Waals surface area contributed by atoms with Gasteiger partial charge >= 0.3 is 7.12 Å². The summed E-state index contributed by atoms with van der Waals surface area (Å²) in [6.45, 7) is 7.94. The Hall–Kier alpha value is -1.01. The number of nitrogens with zero attached hydrogens (tertiary/aromatic N) is 1. The minimum Gasteiger partial charge on any atom is -0.408 e. The lowest BCUT2D eigenvalue weighted by Gasteiger charge is -2.28. The van der Waals surface area contributed by atoms with Gasteiger partial charge in [0.15, 0.2) is 0 Å². The van der Waals surface area contributed by atoms with E-state index in [1.165, 1.54) is 0 Å². The van der Waals surface area contributed by atoms with Gasteiger partial charge in [0, 0.05) is 12.2 Å². The molecular weight excluding hydrogens is 239 g/mol. The molecule has 0 amide bonds. The van der Waals surface area contributed by atoms with Crippen molar-refractivity contribution in [3.05, 3.63) is 24.0 Å². The van der Waals surface area contributed by atoms with Gasteiger partial charge < -0.3 is 9.31 Å². The minimum atomic E-state index is -0.882. The van der Waals surface area contributed by atoms with E-state index in [0.717, 1.165) is 18.6 Å². The van der Waals surface area contributed by atoms with Crippen molar-refractivity contribution in [2.24, 2.45) is 0 Å². The molecule has 0 spiro atoms. The second kappa shape index (κ2) is 6.25. The van der Waals surface area contributed by atoms with Gasteiger partial charge in [0.1, 0.15) is 0 Å². The summed E-state index contributed by atoms with van der Waals surface area (Å²) < 4.78 is 37.3. The van der Waals surface area contributed by atoms with E-state index in [1.807, 2.05) is 20.8 Å². The molecule has 0 aromatic carbocycles. The van der Waals surface area contributed by atoms with Gasteiger partial charge in [-0.15, -0.1) is 0 Å². The first-order valence-electron chi connectivity index (χ1n) is 6.00. The molecule has 1 rings (SSSR count). The molecule has 6 heteroatoms. The Morgan fingerprint density at radius 2 is 1.78 bits per heavy atom. The maximum Gasteiger partial charge on any atom is 0.494 e. The Morgan fingerprint density at radius 3 is 2.22 bits per heavy atom. The van der Waals surface area contributed by atoms with E-state index in [1.54, 1.807) is 6.92 Å². The van der Waals surface area contributed by atoms with Crippen LogP contribution in [0.4, 0.5) is 8.78 Å². The maximum absolute atomic E-state index is 13.1. The lowest BCUT2D eigenvalue weighted by atomic mass is 9.78. The number of rotatable bonds is 6. The van der Waals surface area contributed by atoms with Gasteiger partial charge in [-0.05, 0) is 44.8 Å². The standard InChI is InChI=1S/C12H18BF2NO2/c1-5-12(3,4)18-13(17-6-2)9-7-10(14)16-11(15)8-9/h7-8H,5-6H2,1-4H3. The van der Waals surface area contributed by atoms with Crippen molar-refractivity contribution < 1.29 is 18.1 Å². The second-order valence-electron chi connectivity index (χ2n) is 4.56. The van der Waals surface area contributed by atoms with Crippen molar-refractivity contribution >= 4 is 12.6 Å². The summed E-state index contributed by atoms with van der Waals surface area (Å²) in [4.78, 5) is 3.05. The fraction of sp³-hybridized carbons (Fsp3) is 0.583. The van der Waals surface area contributed by atoms with Crippen LogP contribution in [0.3, 0.4) is 0 Å². The summed E-state index contributed by atoms with van der Waals surface area (Å²) in [5.41, 5.74) is -0.140. The van der Waals surface area contributed by atoms with Crippen molar-refractivity contribution in [2.45, 2.75) is 39.7 Å². The molecule has 0 atom stereocenters. The van der Waals surface area contributed by atoms with Gasteiger partial charge in [-0.2, -0.15) is 13.8 Å². The highest BCUT2D eigenvalue weighted by Gasteiger charge is 2.29. The predicted molar refractivity (Wildman–Crippen MR) is 66.6 cm³/mol. The quantitative estimate of drug-likeness (QED) is 0.578. The molecule has 1 aromatic heterocycles. The molecule has 1 aromatic rings. The topological polar surface area (TPSA) is 31.4 Å². The maximum atomic E-state index is 13.1. The summed E-state index contributed by atoms with van der Waals surface area (Å²) in [5, 5.41) is 0. The lowest BCUT2D eigenvalue weighted by Crippen LogP contribution is -2.44. The number of halogens is 2. The third-order valence-corrected chi connectivity index (χ3v) is 2.65. The summed E-state index contributed by atoms with van der Waals surface area (Å²) in [5.74, 6) is -1.76. The van der Waals surface area contributed by atoms with E-state index in [0.29, 0.717) is 12.1 Å². The van der Waals surface area contributed by atoms with Crippen LogP contribution in [0.2, 0.25) is 0 Å². The molecule has 0 unspecified atom stereocenters. The number of pyridine rings is 1. The average Bonchev–Trinajstić information content (AvgIpc) is 2.27. The zero-order valence-corrected chi connectivity index (χ0v) is 11.2. The van der Waals surface area contributed by atoms with Crippen LogP contribution in [0.25, 0.3) is 0 Å². The summed E-state index contributed by atoms with van der Waals surface area (Å²) in [6, 6.07) is 2.24. The number of hydrogen-bond donors (Lipinski definition) is 0. The molecule has 0 aliphatic rings. The molecule has 0 aliphatic carbocycles. The molecule has 0 fully saturated rings. The van der Waals surface area contributed by atoms with Crippen molar-refractivity contribution in [3.63, 3.8) is 0 Å². The highest BCUT2D eigenvalue weighted by Crippen LogP contribution is 2.15. The van der Waals surface area contributed by atoms with Crippen LogP contribution >= 0.6 is 0 Å². The first-order valence-corrected chi connectivity index (χ1v) is 6.00. The summed E-state index contributed by atoms with van der Waals surface area (Å²) >= 11 is 0. The minimum absolute atomic E-state index is 0.295. The van der Waals surface area contributed by atoms with Crippen LogP contribution in [0.5, 0.6) is 0 Å². The molecule has 1 heterocycles. The number of hydrogen-bond acceptors (Lipinski definition) is 3. The highest BCUT2D eigenvalue weighted by molar-refractivity contribution is 6.61. The SMILES string of the molecule is CCOB(OC(C)(C)CC)c1cc(F)nc(F)c1. The van der Waals surface area contributed by atoms with Crippen molar-refractivity contribution in [3.8, 4) is 0 Å². The first-order chi connectivity index (χ1) is 8.38. The molecule has 0 saturated heterocycles. The van der Waals surface area contributed by atoms with Gasteiger partial charge in [0.05, 0.1) is 0 Å². The Labute approximate surface area is 107 Å². The Kier molecular flexibility index (Phi) is 5.22.